The van der Waals surface area contributed by atoms with Gasteiger partial charge >= 0.3 is 0 Å². The zero-order valence-electron chi connectivity index (χ0n) is 13.2. The van der Waals surface area contributed by atoms with Gasteiger partial charge in [-0.2, -0.15) is 5.10 Å². The second-order valence-corrected chi connectivity index (χ2v) is 5.48. The van der Waals surface area contributed by atoms with Gasteiger partial charge in [0.05, 0.1) is 13.3 Å². The highest BCUT2D eigenvalue weighted by Crippen LogP contribution is 2.25. The van der Waals surface area contributed by atoms with Crippen molar-refractivity contribution in [2.24, 2.45) is 5.10 Å². The van der Waals surface area contributed by atoms with Crippen LogP contribution in [0.2, 0.25) is 0 Å². The molecule has 0 bridgehead atoms. The van der Waals surface area contributed by atoms with Gasteiger partial charge in [-0.25, -0.2) is 10.1 Å². The molecule has 0 aliphatic rings. The maximum atomic E-state index is 5.85. The molecule has 0 amide bonds. The molecule has 24 heavy (non-hydrogen) atoms. The van der Waals surface area contributed by atoms with Crippen LogP contribution in [0.25, 0.3) is 0 Å². The van der Waals surface area contributed by atoms with E-state index in [2.05, 4.69) is 25.6 Å². The van der Waals surface area contributed by atoms with E-state index in [1.54, 1.807) is 13.3 Å². The lowest BCUT2D eigenvalue weighted by Gasteiger charge is -2.23. The smallest absolute Gasteiger partial charge is 0.263 e. The summed E-state index contributed by atoms with van der Waals surface area (Å²) in [7, 11) is 1.60. The molecule has 10 heteroatoms. The SMILES string of the molecule is COc1cc(N(CCCl)CCCl)ccc1C=NNc1nncn1N. The van der Waals surface area contributed by atoms with Gasteiger partial charge in [0, 0.05) is 42.2 Å². The monoisotopic (exact) mass is 371 g/mol. The van der Waals surface area contributed by atoms with Gasteiger partial charge in [-0.1, -0.05) is 0 Å². The van der Waals surface area contributed by atoms with Gasteiger partial charge in [0.25, 0.3) is 5.95 Å². The topological polar surface area (TPSA) is 93.6 Å². The van der Waals surface area contributed by atoms with Crippen molar-refractivity contribution in [1.82, 2.24) is 14.9 Å². The Morgan fingerprint density at radius 3 is 2.71 bits per heavy atom. The number of nitrogens with two attached hydrogens (primary N) is 1. The summed E-state index contributed by atoms with van der Waals surface area (Å²) in [5, 5.41) is 11.5. The minimum atomic E-state index is 0.331. The van der Waals surface area contributed by atoms with Gasteiger partial charge in [-0.3, -0.25) is 0 Å². The molecule has 0 spiro atoms. The van der Waals surface area contributed by atoms with Crippen molar-refractivity contribution < 1.29 is 4.74 Å². The molecule has 1 aromatic heterocycles. The zero-order valence-corrected chi connectivity index (χ0v) is 14.7. The van der Waals surface area contributed by atoms with Crippen LogP contribution in [0.15, 0.2) is 29.6 Å². The number of nitrogen functional groups attached to an aromatic ring is 1. The highest BCUT2D eigenvalue weighted by Gasteiger charge is 2.09. The van der Waals surface area contributed by atoms with Gasteiger partial charge in [0.1, 0.15) is 12.1 Å². The molecule has 0 saturated carbocycles. The van der Waals surface area contributed by atoms with E-state index >= 15 is 0 Å². The first-order valence-corrected chi connectivity index (χ1v) is 8.25. The Bertz CT molecular complexity index is 671. The van der Waals surface area contributed by atoms with Gasteiger partial charge in [0.15, 0.2) is 0 Å². The Balaban J connectivity index is 2.14. The number of hydrogen-bond acceptors (Lipinski definition) is 7. The number of methoxy groups -OCH3 is 1. The molecule has 8 nitrogen and oxygen atoms in total. The number of halogens is 2. The number of alkyl halides is 2. The largest absolute Gasteiger partial charge is 0.496 e. The molecule has 2 aromatic rings. The van der Waals surface area contributed by atoms with Crippen molar-refractivity contribution in [1.29, 1.82) is 0 Å². The van der Waals surface area contributed by atoms with Crippen LogP contribution in [0.3, 0.4) is 0 Å². The molecule has 2 rings (SSSR count). The quantitative estimate of drug-likeness (QED) is 0.301. The van der Waals surface area contributed by atoms with E-state index in [1.165, 1.54) is 11.0 Å². The standard InChI is InChI=1S/C14H19Cl2N7O/c1-24-13-8-12(22(6-4-15)7-5-16)3-2-11(13)9-18-20-14-21-19-10-23(14)17/h2-3,8-10H,4-7,17H2,1H3,(H,20,21). The first kappa shape index (κ1) is 18.2. The van der Waals surface area contributed by atoms with Crippen molar-refractivity contribution in [3.05, 3.63) is 30.1 Å². The third-order valence-electron chi connectivity index (χ3n) is 3.23. The number of hydrazone groups is 1. The van der Waals surface area contributed by atoms with E-state index in [9.17, 15) is 0 Å². The number of benzene rings is 1. The summed E-state index contributed by atoms with van der Waals surface area (Å²) >= 11 is 11.7. The lowest BCUT2D eigenvalue weighted by Crippen LogP contribution is -2.27. The summed E-state index contributed by atoms with van der Waals surface area (Å²) in [5.41, 5.74) is 4.49. The Hall–Kier alpha value is -2.19. The predicted octanol–water partition coefficient (Wildman–Crippen LogP) is 1.73. The molecule has 0 fully saturated rings. The Morgan fingerprint density at radius 1 is 1.38 bits per heavy atom. The molecule has 0 unspecified atom stereocenters. The zero-order chi connectivity index (χ0) is 17.4. The summed E-state index contributed by atoms with van der Waals surface area (Å²) in [6.45, 7) is 1.41. The summed E-state index contributed by atoms with van der Waals surface area (Å²) in [6, 6.07) is 5.79. The van der Waals surface area contributed by atoms with Crippen molar-refractivity contribution in [2.75, 3.05) is 48.1 Å². The van der Waals surface area contributed by atoms with Crippen molar-refractivity contribution in [3.8, 4) is 5.75 Å². The fourth-order valence-electron chi connectivity index (χ4n) is 2.06. The molecule has 0 aliphatic carbocycles. The second-order valence-electron chi connectivity index (χ2n) is 4.72. The fraction of sp³-hybridized carbons (Fsp3) is 0.357. The number of hydrogen-bond donors (Lipinski definition) is 2. The number of rotatable bonds is 9. The maximum Gasteiger partial charge on any atom is 0.263 e. The van der Waals surface area contributed by atoms with Crippen molar-refractivity contribution in [2.45, 2.75) is 0 Å². The van der Waals surface area contributed by atoms with E-state index < -0.39 is 0 Å². The molecule has 3 N–H and O–H groups in total. The highest BCUT2D eigenvalue weighted by atomic mass is 35.5. The first-order chi connectivity index (χ1) is 11.7. The number of nitrogens with one attached hydrogen (secondary N) is 1. The van der Waals surface area contributed by atoms with Gasteiger partial charge in [-0.05, 0) is 12.1 Å². The fourth-order valence-corrected chi connectivity index (χ4v) is 2.47. The van der Waals surface area contributed by atoms with E-state index in [1.807, 2.05) is 18.2 Å². The van der Waals surface area contributed by atoms with Crippen LogP contribution in [-0.2, 0) is 0 Å². The number of ether oxygens (including phenoxy) is 1. The summed E-state index contributed by atoms with van der Waals surface area (Å²) in [4.78, 5) is 2.10. The van der Waals surface area contributed by atoms with Gasteiger partial charge < -0.3 is 15.5 Å². The van der Waals surface area contributed by atoms with E-state index in [4.69, 9.17) is 33.8 Å². The van der Waals surface area contributed by atoms with Crippen LogP contribution in [-0.4, -0.2) is 53.0 Å². The van der Waals surface area contributed by atoms with E-state index in [0.717, 1.165) is 11.3 Å². The lowest BCUT2D eigenvalue weighted by molar-refractivity contribution is 0.414. The van der Waals surface area contributed by atoms with E-state index in [-0.39, 0.29) is 0 Å². The van der Waals surface area contributed by atoms with Crippen LogP contribution in [0.5, 0.6) is 5.75 Å². The van der Waals surface area contributed by atoms with Gasteiger partial charge in [-0.15, -0.1) is 33.4 Å². The molecule has 130 valence electrons. The Morgan fingerprint density at radius 2 is 2.12 bits per heavy atom. The van der Waals surface area contributed by atoms with E-state index in [0.29, 0.717) is 36.5 Å². The summed E-state index contributed by atoms with van der Waals surface area (Å²) < 4.78 is 6.66. The number of aromatic nitrogens is 3. The van der Waals surface area contributed by atoms with Crippen LogP contribution in [0.1, 0.15) is 5.56 Å². The second kappa shape index (κ2) is 9.19. The van der Waals surface area contributed by atoms with Crippen LogP contribution in [0.4, 0.5) is 11.6 Å². The molecular formula is C14H19Cl2N7O. The van der Waals surface area contributed by atoms with Gasteiger partial charge in [0.2, 0.25) is 0 Å². The average molecular weight is 372 g/mol. The highest BCUT2D eigenvalue weighted by molar-refractivity contribution is 6.18. The molecular weight excluding hydrogens is 353 g/mol. The molecule has 0 radical (unpaired) electrons. The Labute approximate surface area is 150 Å². The Kier molecular flexibility index (Phi) is 6.95. The van der Waals surface area contributed by atoms with Crippen LogP contribution < -0.4 is 20.9 Å². The molecule has 0 saturated heterocycles. The summed E-state index contributed by atoms with van der Waals surface area (Å²) in [6.07, 6.45) is 2.99. The predicted molar refractivity (Wildman–Crippen MR) is 98.0 cm³/mol. The third-order valence-corrected chi connectivity index (χ3v) is 3.57. The van der Waals surface area contributed by atoms with Crippen molar-refractivity contribution in [3.63, 3.8) is 0 Å². The maximum absolute atomic E-state index is 5.85. The summed E-state index contributed by atoms with van der Waals surface area (Å²) in [5.74, 6) is 7.64. The third kappa shape index (κ3) is 4.65. The number of nitrogens with zero attached hydrogens (tertiary/aromatic N) is 5. The first-order valence-electron chi connectivity index (χ1n) is 7.18. The molecule has 0 aliphatic heterocycles. The van der Waals surface area contributed by atoms with Crippen LogP contribution >= 0.6 is 23.2 Å². The molecule has 0 atom stereocenters. The van der Waals surface area contributed by atoms with Crippen molar-refractivity contribution >= 4 is 41.1 Å². The van der Waals surface area contributed by atoms with Crippen LogP contribution in [0, 0.1) is 0 Å². The lowest BCUT2D eigenvalue weighted by atomic mass is 10.2. The number of anilines is 2. The molecule has 1 aromatic carbocycles. The minimum absolute atomic E-state index is 0.331. The molecule has 1 heterocycles. The normalized spacial score (nSPS) is 11.0. The minimum Gasteiger partial charge on any atom is -0.496 e. The average Bonchev–Trinajstić information content (AvgIpc) is 3.00.